The number of ketones is 1. The molecule has 1 aliphatic heterocycles. The van der Waals surface area contributed by atoms with Crippen molar-refractivity contribution in [1.82, 2.24) is 19.9 Å². The summed E-state index contributed by atoms with van der Waals surface area (Å²) in [5.41, 5.74) is 10.3. The smallest absolute Gasteiger partial charge is 0.161 e. The Bertz CT molecular complexity index is 1290. The molecule has 2 aromatic heterocycles. The number of aromatic amines is 1. The third-order valence-corrected chi connectivity index (χ3v) is 6.59. The Balaban J connectivity index is 1.43. The van der Waals surface area contributed by atoms with Crippen LogP contribution >= 0.6 is 0 Å². The van der Waals surface area contributed by atoms with E-state index in [0.717, 1.165) is 40.8 Å². The number of fused-ring (bicyclic) bond motifs is 1. The molecule has 3 N–H and O–H groups in total. The number of benzene rings is 2. The van der Waals surface area contributed by atoms with Gasteiger partial charge in [0.25, 0.3) is 0 Å². The second-order valence-corrected chi connectivity index (χ2v) is 8.56. The van der Waals surface area contributed by atoms with Crippen LogP contribution in [0.25, 0.3) is 22.6 Å². The van der Waals surface area contributed by atoms with E-state index in [1.54, 1.807) is 13.1 Å². The van der Waals surface area contributed by atoms with Gasteiger partial charge in [-0.1, -0.05) is 36.4 Å². The minimum absolute atomic E-state index is 0.213. The highest BCUT2D eigenvalue weighted by Gasteiger charge is 2.40. The van der Waals surface area contributed by atoms with Crippen LogP contribution in [0.5, 0.6) is 0 Å². The van der Waals surface area contributed by atoms with Crippen molar-refractivity contribution in [3.8, 4) is 11.5 Å². The molecule has 162 valence electrons. The molecule has 0 saturated carbocycles. The molecule has 0 amide bonds. The normalized spacial score (nSPS) is 15.8. The van der Waals surface area contributed by atoms with Gasteiger partial charge < -0.3 is 15.6 Å². The van der Waals surface area contributed by atoms with Crippen molar-refractivity contribution in [3.05, 3.63) is 65.9 Å². The summed E-state index contributed by atoms with van der Waals surface area (Å²) in [6.45, 7) is 5.17. The number of nitrogen functional groups attached to an aromatic ring is 1. The van der Waals surface area contributed by atoms with E-state index in [0.29, 0.717) is 30.4 Å². The average molecular weight is 427 g/mol. The van der Waals surface area contributed by atoms with Crippen LogP contribution in [0, 0.1) is 6.92 Å². The zero-order chi connectivity index (χ0) is 22.3. The van der Waals surface area contributed by atoms with Crippen LogP contribution in [0.2, 0.25) is 0 Å². The Hall–Kier alpha value is -3.74. The number of carbonyl (C=O) groups excluding carboxylic acids is 1. The molecular weight excluding hydrogens is 400 g/mol. The number of aromatic nitrogens is 4. The number of rotatable bonds is 4. The lowest BCUT2D eigenvalue weighted by Gasteiger charge is -2.41. The Morgan fingerprint density at radius 1 is 1.09 bits per heavy atom. The van der Waals surface area contributed by atoms with Crippen molar-refractivity contribution < 1.29 is 4.79 Å². The Morgan fingerprint density at radius 3 is 2.56 bits per heavy atom. The summed E-state index contributed by atoms with van der Waals surface area (Å²) < 4.78 is 0. The van der Waals surface area contributed by atoms with Gasteiger partial charge in [-0.05, 0) is 49.9 Å². The van der Waals surface area contributed by atoms with Crippen LogP contribution in [0.3, 0.4) is 0 Å². The monoisotopic (exact) mass is 426 g/mol. The van der Waals surface area contributed by atoms with E-state index in [4.69, 9.17) is 10.7 Å². The van der Waals surface area contributed by atoms with Gasteiger partial charge in [-0.25, -0.2) is 15.0 Å². The number of hydrogen-bond donors (Lipinski definition) is 2. The van der Waals surface area contributed by atoms with Gasteiger partial charge in [0.1, 0.15) is 11.6 Å². The molecule has 0 radical (unpaired) electrons. The van der Waals surface area contributed by atoms with Gasteiger partial charge in [-0.3, -0.25) is 4.79 Å². The van der Waals surface area contributed by atoms with Crippen molar-refractivity contribution in [3.63, 3.8) is 0 Å². The molecule has 4 aromatic rings. The molecule has 1 fully saturated rings. The third-order valence-electron chi connectivity index (χ3n) is 6.59. The zero-order valence-electron chi connectivity index (χ0n) is 18.3. The quantitative estimate of drug-likeness (QED) is 0.511. The summed E-state index contributed by atoms with van der Waals surface area (Å²) in [6.07, 6.45) is 3.17. The van der Waals surface area contributed by atoms with Crippen LogP contribution in [-0.2, 0) is 10.2 Å². The van der Waals surface area contributed by atoms with Gasteiger partial charge in [-0.2, -0.15) is 0 Å². The summed E-state index contributed by atoms with van der Waals surface area (Å²) in [5, 5.41) is 0. The number of hydrogen-bond acceptors (Lipinski definition) is 6. The van der Waals surface area contributed by atoms with Gasteiger partial charge >= 0.3 is 0 Å². The summed E-state index contributed by atoms with van der Waals surface area (Å²) in [7, 11) is 0. The molecule has 7 nitrogen and oxygen atoms in total. The lowest BCUT2D eigenvalue weighted by molar-refractivity contribution is -0.123. The van der Waals surface area contributed by atoms with E-state index in [1.807, 2.05) is 37.3 Å². The fourth-order valence-electron chi connectivity index (χ4n) is 4.67. The highest BCUT2D eigenvalue weighted by atomic mass is 16.1. The molecule has 0 spiro atoms. The zero-order valence-corrected chi connectivity index (χ0v) is 18.3. The number of H-pyrrole nitrogens is 1. The molecule has 1 saturated heterocycles. The second kappa shape index (κ2) is 7.75. The van der Waals surface area contributed by atoms with Crippen LogP contribution in [0.4, 0.5) is 11.6 Å². The minimum Gasteiger partial charge on any atom is -0.382 e. The number of nitrogens with one attached hydrogen (secondary N) is 1. The SMILES string of the molecule is CC(=O)C1(c2ccccc2)CCN(c2cnc(N)c(-c3nc4ccc(C)cc4[nH]3)n2)CC1. The first kappa shape index (κ1) is 20.2. The lowest BCUT2D eigenvalue weighted by atomic mass is 9.70. The number of anilines is 2. The van der Waals surface area contributed by atoms with Gasteiger partial charge in [0.2, 0.25) is 0 Å². The van der Waals surface area contributed by atoms with Crippen LogP contribution in [0.15, 0.2) is 54.7 Å². The number of carbonyl (C=O) groups is 1. The molecular formula is C25H26N6O. The number of nitrogens with zero attached hydrogens (tertiary/aromatic N) is 4. The highest BCUT2D eigenvalue weighted by Crippen LogP contribution is 2.38. The first-order valence-corrected chi connectivity index (χ1v) is 10.9. The molecule has 7 heteroatoms. The van der Waals surface area contributed by atoms with Gasteiger partial charge in [0.05, 0.1) is 22.6 Å². The fraction of sp³-hybridized carbons (Fsp3) is 0.280. The molecule has 5 rings (SSSR count). The van der Waals surface area contributed by atoms with Crippen molar-refractivity contribution in [2.24, 2.45) is 0 Å². The summed E-state index contributed by atoms with van der Waals surface area (Å²) in [5.74, 6) is 1.90. The van der Waals surface area contributed by atoms with Crippen LogP contribution in [-0.4, -0.2) is 38.8 Å². The molecule has 0 bridgehead atoms. The predicted molar refractivity (Wildman–Crippen MR) is 127 cm³/mol. The van der Waals surface area contributed by atoms with E-state index < -0.39 is 5.41 Å². The molecule has 0 atom stereocenters. The number of imidazole rings is 1. The van der Waals surface area contributed by atoms with Crippen molar-refractivity contribution in [2.45, 2.75) is 32.1 Å². The minimum atomic E-state index is -0.446. The van der Waals surface area contributed by atoms with Crippen molar-refractivity contribution >= 4 is 28.5 Å². The maximum Gasteiger partial charge on any atom is 0.161 e. The average Bonchev–Trinajstić information content (AvgIpc) is 3.23. The van der Waals surface area contributed by atoms with Crippen molar-refractivity contribution in [2.75, 3.05) is 23.7 Å². The second-order valence-electron chi connectivity index (χ2n) is 8.56. The maximum atomic E-state index is 12.7. The molecule has 0 unspecified atom stereocenters. The van der Waals surface area contributed by atoms with Gasteiger partial charge in [0.15, 0.2) is 17.3 Å². The number of Topliss-reactive ketones (excluding diaryl/α,β-unsaturated/α-hetero) is 1. The highest BCUT2D eigenvalue weighted by molar-refractivity contribution is 5.88. The molecule has 3 heterocycles. The number of nitrogens with two attached hydrogens (primary N) is 1. The number of piperidine rings is 1. The Labute approximate surface area is 186 Å². The predicted octanol–water partition coefficient (Wildman–Crippen LogP) is 4.04. The third kappa shape index (κ3) is 3.39. The first-order chi connectivity index (χ1) is 15.5. The van der Waals surface area contributed by atoms with Crippen LogP contribution in [0.1, 0.15) is 30.9 Å². The Morgan fingerprint density at radius 2 is 1.84 bits per heavy atom. The maximum absolute atomic E-state index is 12.7. The van der Waals surface area contributed by atoms with E-state index >= 15 is 0 Å². The largest absolute Gasteiger partial charge is 0.382 e. The molecule has 1 aliphatic rings. The fourth-order valence-corrected chi connectivity index (χ4v) is 4.67. The summed E-state index contributed by atoms with van der Waals surface area (Å²) in [6, 6.07) is 16.2. The van der Waals surface area contributed by atoms with E-state index in [2.05, 4.69) is 38.1 Å². The summed E-state index contributed by atoms with van der Waals surface area (Å²) in [4.78, 5) is 32.0. The van der Waals surface area contributed by atoms with E-state index in [9.17, 15) is 4.79 Å². The Kier molecular flexibility index (Phi) is 4.89. The standard InChI is InChI=1S/C25H26N6O/c1-16-8-9-19-20(14-16)29-24(28-19)22-23(26)27-15-21(30-22)31-12-10-25(11-13-31,17(2)32)18-6-4-3-5-7-18/h3-9,14-15H,10-13H2,1-2H3,(H2,26,27)(H,28,29). The topological polar surface area (TPSA) is 101 Å². The van der Waals surface area contributed by atoms with E-state index in [-0.39, 0.29) is 5.78 Å². The van der Waals surface area contributed by atoms with Crippen molar-refractivity contribution in [1.29, 1.82) is 0 Å². The molecule has 32 heavy (non-hydrogen) atoms. The lowest BCUT2D eigenvalue weighted by Crippen LogP contribution is -2.47. The van der Waals surface area contributed by atoms with Gasteiger partial charge in [0, 0.05) is 13.1 Å². The molecule has 2 aromatic carbocycles. The number of aryl methyl sites for hydroxylation is 1. The first-order valence-electron chi connectivity index (χ1n) is 10.9. The summed E-state index contributed by atoms with van der Waals surface area (Å²) >= 11 is 0. The van der Waals surface area contributed by atoms with Gasteiger partial charge in [-0.15, -0.1) is 0 Å². The van der Waals surface area contributed by atoms with Crippen LogP contribution < -0.4 is 10.6 Å². The van der Waals surface area contributed by atoms with E-state index in [1.165, 1.54) is 0 Å². The molecule has 0 aliphatic carbocycles.